The van der Waals surface area contributed by atoms with Crippen molar-refractivity contribution in [3.8, 4) is 0 Å². The first-order valence-corrected chi connectivity index (χ1v) is 6.28. The minimum Gasteiger partial charge on any atom is -0.398 e. The highest BCUT2D eigenvalue weighted by molar-refractivity contribution is 5.45. The first-order valence-electron chi connectivity index (χ1n) is 6.28. The van der Waals surface area contributed by atoms with E-state index in [-0.39, 0.29) is 6.04 Å². The molecule has 3 heteroatoms. The van der Waals surface area contributed by atoms with Crippen molar-refractivity contribution in [1.29, 1.82) is 0 Å². The minimum absolute atomic E-state index is 0.280. The van der Waals surface area contributed by atoms with Crippen LogP contribution in [-0.4, -0.2) is 11.5 Å². The number of aromatic nitrogens is 1. The molecule has 1 heterocycles. The lowest BCUT2D eigenvalue weighted by Crippen LogP contribution is -2.23. The van der Waals surface area contributed by atoms with Crippen molar-refractivity contribution >= 4 is 5.69 Å². The number of pyridine rings is 1. The summed E-state index contributed by atoms with van der Waals surface area (Å²) in [5, 5.41) is 3.49. The van der Waals surface area contributed by atoms with Gasteiger partial charge in [0.15, 0.2) is 0 Å². The predicted octanol–water partition coefficient (Wildman–Crippen LogP) is 2.56. The maximum Gasteiger partial charge on any atom is 0.0378 e. The van der Waals surface area contributed by atoms with Crippen LogP contribution in [0.4, 0.5) is 5.69 Å². The summed E-state index contributed by atoms with van der Waals surface area (Å²) in [6, 6.07) is 12.6. The number of nitrogen functional groups attached to an aromatic ring is 1. The van der Waals surface area contributed by atoms with E-state index in [9.17, 15) is 0 Å². The molecule has 94 valence electrons. The Hall–Kier alpha value is -1.87. The van der Waals surface area contributed by atoms with Gasteiger partial charge in [-0.1, -0.05) is 37.3 Å². The second-order valence-corrected chi connectivity index (χ2v) is 4.30. The molecule has 0 saturated carbocycles. The second-order valence-electron chi connectivity index (χ2n) is 4.30. The van der Waals surface area contributed by atoms with Crippen LogP contribution >= 0.6 is 0 Å². The van der Waals surface area contributed by atoms with E-state index in [1.807, 2.05) is 18.3 Å². The average molecular weight is 241 g/mol. The number of hydrogen-bond donors (Lipinski definition) is 2. The Morgan fingerprint density at radius 3 is 2.67 bits per heavy atom. The zero-order valence-corrected chi connectivity index (χ0v) is 10.6. The summed E-state index contributed by atoms with van der Waals surface area (Å²) in [4.78, 5) is 4.14. The number of nitrogens with zero attached hydrogens (tertiary/aromatic N) is 1. The van der Waals surface area contributed by atoms with E-state index >= 15 is 0 Å². The van der Waals surface area contributed by atoms with Gasteiger partial charge in [-0.25, -0.2) is 0 Å². The van der Waals surface area contributed by atoms with Gasteiger partial charge in [-0.2, -0.15) is 0 Å². The molecule has 1 unspecified atom stereocenters. The Kier molecular flexibility index (Phi) is 4.31. The Bertz CT molecular complexity index is 482. The highest BCUT2D eigenvalue weighted by Gasteiger charge is 2.12. The van der Waals surface area contributed by atoms with Crippen molar-refractivity contribution in [3.05, 3.63) is 59.9 Å². The van der Waals surface area contributed by atoms with Crippen LogP contribution in [0.2, 0.25) is 0 Å². The number of likely N-dealkylation sites (N-methyl/N-ethyl adjacent to an activating group) is 1. The van der Waals surface area contributed by atoms with E-state index in [1.165, 1.54) is 5.56 Å². The molecule has 0 aliphatic carbocycles. The summed E-state index contributed by atoms with van der Waals surface area (Å²) in [5.74, 6) is 0. The zero-order chi connectivity index (χ0) is 12.8. The molecule has 0 fully saturated rings. The van der Waals surface area contributed by atoms with Gasteiger partial charge in [-0.05, 0) is 30.2 Å². The van der Waals surface area contributed by atoms with Gasteiger partial charge in [0.1, 0.15) is 0 Å². The summed E-state index contributed by atoms with van der Waals surface area (Å²) in [6.45, 7) is 3.04. The number of rotatable bonds is 5. The molecule has 0 saturated heterocycles. The Labute approximate surface area is 108 Å². The average Bonchev–Trinajstić information content (AvgIpc) is 2.42. The molecule has 3 nitrogen and oxygen atoms in total. The monoisotopic (exact) mass is 241 g/mol. The van der Waals surface area contributed by atoms with E-state index in [0.29, 0.717) is 0 Å². The number of anilines is 1. The van der Waals surface area contributed by atoms with Crippen LogP contribution in [0.25, 0.3) is 0 Å². The number of benzene rings is 1. The Morgan fingerprint density at radius 1 is 1.22 bits per heavy atom. The van der Waals surface area contributed by atoms with Crippen molar-refractivity contribution in [1.82, 2.24) is 10.3 Å². The van der Waals surface area contributed by atoms with Crippen molar-refractivity contribution < 1.29 is 0 Å². The van der Waals surface area contributed by atoms with Gasteiger partial charge in [0.2, 0.25) is 0 Å². The normalized spacial score (nSPS) is 12.3. The molecular weight excluding hydrogens is 222 g/mol. The first-order chi connectivity index (χ1) is 8.81. The van der Waals surface area contributed by atoms with Gasteiger partial charge in [0.25, 0.3) is 0 Å². The number of hydrogen-bond acceptors (Lipinski definition) is 3. The van der Waals surface area contributed by atoms with Crippen LogP contribution in [0, 0.1) is 0 Å². The fourth-order valence-electron chi connectivity index (χ4n) is 2.07. The SMILES string of the molecule is CCNC(Cc1cnccc1N)c1ccccc1. The molecule has 1 atom stereocenters. The molecule has 0 aliphatic rings. The quantitative estimate of drug-likeness (QED) is 0.846. The summed E-state index contributed by atoms with van der Waals surface area (Å²) < 4.78 is 0. The van der Waals surface area contributed by atoms with Gasteiger partial charge < -0.3 is 11.1 Å². The third kappa shape index (κ3) is 3.08. The summed E-state index contributed by atoms with van der Waals surface area (Å²) >= 11 is 0. The lowest BCUT2D eigenvalue weighted by molar-refractivity contribution is 0.550. The molecule has 2 rings (SSSR count). The summed E-state index contributed by atoms with van der Waals surface area (Å²) in [7, 11) is 0. The van der Waals surface area contributed by atoms with Gasteiger partial charge in [-0.3, -0.25) is 4.98 Å². The highest BCUT2D eigenvalue weighted by Crippen LogP contribution is 2.20. The van der Waals surface area contributed by atoms with Gasteiger partial charge >= 0.3 is 0 Å². The van der Waals surface area contributed by atoms with Gasteiger partial charge in [0, 0.05) is 24.1 Å². The van der Waals surface area contributed by atoms with E-state index in [0.717, 1.165) is 24.2 Å². The van der Waals surface area contributed by atoms with Crippen LogP contribution in [0.15, 0.2) is 48.8 Å². The minimum atomic E-state index is 0.280. The van der Waals surface area contributed by atoms with E-state index in [2.05, 4.69) is 41.5 Å². The van der Waals surface area contributed by atoms with E-state index < -0.39 is 0 Å². The number of nitrogens with two attached hydrogens (primary N) is 1. The predicted molar refractivity (Wildman–Crippen MR) is 75.2 cm³/mol. The molecule has 0 amide bonds. The topological polar surface area (TPSA) is 50.9 Å². The molecule has 0 bridgehead atoms. The van der Waals surface area contributed by atoms with Crippen molar-refractivity contribution in [2.24, 2.45) is 0 Å². The summed E-state index contributed by atoms with van der Waals surface area (Å²) in [5.41, 5.74) is 9.15. The standard InChI is InChI=1S/C15H19N3/c1-2-18-15(12-6-4-3-5-7-12)10-13-11-17-9-8-14(13)16/h3-9,11,15,18H,2,10H2,1H3,(H2,16,17). The zero-order valence-electron chi connectivity index (χ0n) is 10.6. The molecule has 3 N–H and O–H groups in total. The Morgan fingerprint density at radius 2 is 2.00 bits per heavy atom. The molecule has 2 aromatic rings. The van der Waals surface area contributed by atoms with Crippen LogP contribution in [0.5, 0.6) is 0 Å². The van der Waals surface area contributed by atoms with Gasteiger partial charge in [0.05, 0.1) is 0 Å². The Balaban J connectivity index is 2.19. The lowest BCUT2D eigenvalue weighted by atomic mass is 9.99. The maximum atomic E-state index is 5.98. The van der Waals surface area contributed by atoms with Crippen LogP contribution < -0.4 is 11.1 Å². The maximum absolute atomic E-state index is 5.98. The number of nitrogens with one attached hydrogen (secondary N) is 1. The molecule has 0 spiro atoms. The third-order valence-corrected chi connectivity index (χ3v) is 3.02. The molecule has 18 heavy (non-hydrogen) atoms. The fraction of sp³-hybridized carbons (Fsp3) is 0.267. The van der Waals surface area contributed by atoms with E-state index in [4.69, 9.17) is 5.73 Å². The summed E-state index contributed by atoms with van der Waals surface area (Å²) in [6.07, 6.45) is 4.43. The third-order valence-electron chi connectivity index (χ3n) is 3.02. The largest absolute Gasteiger partial charge is 0.398 e. The highest BCUT2D eigenvalue weighted by atomic mass is 14.9. The van der Waals surface area contributed by atoms with Crippen LogP contribution in [-0.2, 0) is 6.42 Å². The van der Waals surface area contributed by atoms with Crippen molar-refractivity contribution in [2.45, 2.75) is 19.4 Å². The molecule has 1 aromatic carbocycles. The molecule has 0 radical (unpaired) electrons. The molecular formula is C15H19N3. The fourth-order valence-corrected chi connectivity index (χ4v) is 2.07. The van der Waals surface area contributed by atoms with Crippen molar-refractivity contribution in [2.75, 3.05) is 12.3 Å². The first kappa shape index (κ1) is 12.6. The second kappa shape index (κ2) is 6.17. The smallest absolute Gasteiger partial charge is 0.0378 e. The lowest BCUT2D eigenvalue weighted by Gasteiger charge is -2.19. The van der Waals surface area contributed by atoms with Crippen LogP contribution in [0.1, 0.15) is 24.1 Å². The van der Waals surface area contributed by atoms with E-state index in [1.54, 1.807) is 6.20 Å². The molecule has 1 aromatic heterocycles. The van der Waals surface area contributed by atoms with Gasteiger partial charge in [-0.15, -0.1) is 0 Å². The molecule has 0 aliphatic heterocycles. The van der Waals surface area contributed by atoms with Crippen LogP contribution in [0.3, 0.4) is 0 Å². The van der Waals surface area contributed by atoms with Crippen molar-refractivity contribution in [3.63, 3.8) is 0 Å².